The monoisotopic (exact) mass is 328 g/mol. The molecule has 0 saturated heterocycles. The summed E-state index contributed by atoms with van der Waals surface area (Å²) in [6.45, 7) is 7.39. The van der Waals surface area contributed by atoms with Gasteiger partial charge in [-0.25, -0.2) is 0 Å². The van der Waals surface area contributed by atoms with Crippen molar-refractivity contribution in [1.82, 2.24) is 15.2 Å². The minimum atomic E-state index is 0. The maximum atomic E-state index is 4.45. The van der Waals surface area contributed by atoms with Crippen LogP contribution in [-0.4, -0.2) is 21.2 Å². The number of nitrogens with zero attached hydrogens (tertiary/aromatic N) is 3. The van der Waals surface area contributed by atoms with E-state index in [-0.39, 0.29) is 12.4 Å². The van der Waals surface area contributed by atoms with Gasteiger partial charge >= 0.3 is 0 Å². The van der Waals surface area contributed by atoms with Crippen LogP contribution >= 0.6 is 12.4 Å². The van der Waals surface area contributed by atoms with E-state index in [2.05, 4.69) is 65.1 Å². The molecule has 23 heavy (non-hydrogen) atoms. The van der Waals surface area contributed by atoms with E-state index in [0.29, 0.717) is 6.04 Å². The fourth-order valence-electron chi connectivity index (χ4n) is 3.43. The zero-order valence-electron chi connectivity index (χ0n) is 13.6. The van der Waals surface area contributed by atoms with Crippen molar-refractivity contribution < 1.29 is 0 Å². The number of H-pyrrole nitrogens is 1. The molecule has 0 saturated carbocycles. The van der Waals surface area contributed by atoms with Crippen LogP contribution in [0, 0.1) is 13.8 Å². The molecular formula is C18H21ClN4. The summed E-state index contributed by atoms with van der Waals surface area (Å²) >= 11 is 0. The molecule has 0 spiro atoms. The molecule has 1 aromatic carbocycles. The SMILES string of the molecule is Cc1[nH]c2c(N3Cc4ccccc4CC3C)nncc2c1C.Cl. The van der Waals surface area contributed by atoms with Crippen molar-refractivity contribution in [3.8, 4) is 0 Å². The van der Waals surface area contributed by atoms with Gasteiger partial charge in [-0.2, -0.15) is 5.10 Å². The van der Waals surface area contributed by atoms with Crippen LogP contribution in [0.1, 0.15) is 29.3 Å². The minimum absolute atomic E-state index is 0. The summed E-state index contributed by atoms with van der Waals surface area (Å²) in [7, 11) is 0. The second kappa shape index (κ2) is 5.85. The van der Waals surface area contributed by atoms with Gasteiger partial charge in [-0.15, -0.1) is 17.5 Å². The fraction of sp³-hybridized carbons (Fsp3) is 0.333. The van der Waals surface area contributed by atoms with Crippen molar-refractivity contribution in [3.05, 3.63) is 52.8 Å². The van der Waals surface area contributed by atoms with E-state index in [9.17, 15) is 0 Å². The summed E-state index contributed by atoms with van der Waals surface area (Å²) in [6, 6.07) is 9.10. The molecule has 4 nitrogen and oxygen atoms in total. The van der Waals surface area contributed by atoms with Gasteiger partial charge in [0.15, 0.2) is 5.82 Å². The molecule has 3 aromatic rings. The summed E-state index contributed by atoms with van der Waals surface area (Å²) in [4.78, 5) is 5.86. The molecule has 0 fully saturated rings. The Morgan fingerprint density at radius 1 is 1.17 bits per heavy atom. The van der Waals surface area contributed by atoms with E-state index >= 15 is 0 Å². The molecule has 1 N–H and O–H groups in total. The first kappa shape index (κ1) is 15.8. The lowest BCUT2D eigenvalue weighted by atomic mass is 9.95. The van der Waals surface area contributed by atoms with E-state index in [4.69, 9.17) is 0 Å². The maximum Gasteiger partial charge on any atom is 0.176 e. The molecule has 0 radical (unpaired) electrons. The number of benzene rings is 1. The van der Waals surface area contributed by atoms with Crippen molar-refractivity contribution in [2.24, 2.45) is 0 Å². The van der Waals surface area contributed by atoms with Gasteiger partial charge in [0.25, 0.3) is 0 Å². The van der Waals surface area contributed by atoms with Crippen molar-refractivity contribution in [3.63, 3.8) is 0 Å². The molecule has 3 heterocycles. The Bertz CT molecular complexity index is 855. The number of aromatic nitrogens is 3. The smallest absolute Gasteiger partial charge is 0.176 e. The molecule has 1 atom stereocenters. The molecule has 1 aliphatic rings. The molecule has 1 aliphatic heterocycles. The Morgan fingerprint density at radius 3 is 2.70 bits per heavy atom. The first-order valence-corrected chi connectivity index (χ1v) is 7.79. The third kappa shape index (κ3) is 2.47. The second-order valence-electron chi connectivity index (χ2n) is 6.28. The molecular weight excluding hydrogens is 308 g/mol. The second-order valence-corrected chi connectivity index (χ2v) is 6.28. The Balaban J connectivity index is 0.00000156. The summed E-state index contributed by atoms with van der Waals surface area (Å²) in [5, 5.41) is 9.87. The highest BCUT2D eigenvalue weighted by molar-refractivity contribution is 5.92. The van der Waals surface area contributed by atoms with Crippen LogP contribution in [-0.2, 0) is 13.0 Å². The van der Waals surface area contributed by atoms with Gasteiger partial charge in [0.05, 0.1) is 11.7 Å². The summed E-state index contributed by atoms with van der Waals surface area (Å²) in [5.74, 6) is 0.968. The summed E-state index contributed by atoms with van der Waals surface area (Å²) in [5.41, 5.74) is 6.40. The van der Waals surface area contributed by atoms with Crippen LogP contribution in [0.2, 0.25) is 0 Å². The van der Waals surface area contributed by atoms with Gasteiger partial charge < -0.3 is 9.88 Å². The average Bonchev–Trinajstić information content (AvgIpc) is 2.82. The van der Waals surface area contributed by atoms with Crippen molar-refractivity contribution in [2.75, 3.05) is 4.90 Å². The molecule has 120 valence electrons. The Morgan fingerprint density at radius 2 is 1.91 bits per heavy atom. The zero-order valence-corrected chi connectivity index (χ0v) is 14.4. The summed E-state index contributed by atoms with van der Waals surface area (Å²) in [6.07, 6.45) is 2.91. The van der Waals surface area contributed by atoms with Gasteiger partial charge in [-0.1, -0.05) is 24.3 Å². The van der Waals surface area contributed by atoms with Crippen LogP contribution in [0.5, 0.6) is 0 Å². The average molecular weight is 329 g/mol. The van der Waals surface area contributed by atoms with Gasteiger partial charge in [-0.05, 0) is 43.9 Å². The molecule has 5 heteroatoms. The lowest BCUT2D eigenvalue weighted by molar-refractivity contribution is 0.585. The normalized spacial score (nSPS) is 17.0. The number of rotatable bonds is 1. The predicted molar refractivity (Wildman–Crippen MR) is 96.4 cm³/mol. The van der Waals surface area contributed by atoms with Crippen LogP contribution in [0.3, 0.4) is 0 Å². The molecule has 0 amide bonds. The number of fused-ring (bicyclic) bond motifs is 2. The largest absolute Gasteiger partial charge is 0.355 e. The van der Waals surface area contributed by atoms with Gasteiger partial charge in [-0.3, -0.25) is 0 Å². The van der Waals surface area contributed by atoms with Crippen LogP contribution in [0.25, 0.3) is 10.9 Å². The van der Waals surface area contributed by atoms with E-state index in [1.165, 1.54) is 27.8 Å². The third-order valence-corrected chi connectivity index (χ3v) is 4.89. The minimum Gasteiger partial charge on any atom is -0.355 e. The van der Waals surface area contributed by atoms with Crippen LogP contribution < -0.4 is 4.90 Å². The van der Waals surface area contributed by atoms with Crippen molar-refractivity contribution in [1.29, 1.82) is 0 Å². The Hall–Kier alpha value is -2.07. The molecule has 4 rings (SSSR count). The van der Waals surface area contributed by atoms with E-state index in [1.807, 2.05) is 6.20 Å². The number of hydrogen-bond donors (Lipinski definition) is 1. The van der Waals surface area contributed by atoms with E-state index in [1.54, 1.807) is 0 Å². The van der Waals surface area contributed by atoms with Gasteiger partial charge in [0.2, 0.25) is 0 Å². The Labute approximate surface area is 142 Å². The predicted octanol–water partition coefficient (Wildman–Crippen LogP) is 3.95. The first-order chi connectivity index (χ1) is 10.6. The standard InChI is InChI=1S/C18H20N4.ClH/c1-11-8-14-6-4-5-7-15(14)10-22(11)18-17-16(9-19-21-18)12(2)13(3)20-17;/h4-7,9,11,20H,8,10H2,1-3H3;1H. The molecule has 0 aliphatic carbocycles. The van der Waals surface area contributed by atoms with Crippen LogP contribution in [0.15, 0.2) is 30.5 Å². The zero-order chi connectivity index (χ0) is 15.3. The van der Waals surface area contributed by atoms with Crippen molar-refractivity contribution >= 4 is 29.1 Å². The Kier molecular flexibility index (Phi) is 4.02. The molecule has 2 aromatic heterocycles. The summed E-state index contributed by atoms with van der Waals surface area (Å²) < 4.78 is 0. The third-order valence-electron chi connectivity index (χ3n) is 4.89. The highest BCUT2D eigenvalue weighted by Gasteiger charge is 2.26. The van der Waals surface area contributed by atoms with Gasteiger partial charge in [0.1, 0.15) is 0 Å². The topological polar surface area (TPSA) is 44.8 Å². The lowest BCUT2D eigenvalue weighted by Crippen LogP contribution is -2.39. The molecule has 1 unspecified atom stereocenters. The number of aryl methyl sites for hydroxylation is 2. The number of hydrogen-bond acceptors (Lipinski definition) is 3. The highest BCUT2D eigenvalue weighted by Crippen LogP contribution is 2.32. The number of anilines is 1. The highest BCUT2D eigenvalue weighted by atomic mass is 35.5. The lowest BCUT2D eigenvalue weighted by Gasteiger charge is -2.35. The fourth-order valence-corrected chi connectivity index (χ4v) is 3.43. The number of aromatic amines is 1. The molecule has 0 bridgehead atoms. The van der Waals surface area contributed by atoms with Crippen LogP contribution in [0.4, 0.5) is 5.82 Å². The van der Waals surface area contributed by atoms with Gasteiger partial charge in [0, 0.05) is 23.7 Å². The van der Waals surface area contributed by atoms with E-state index in [0.717, 1.165) is 24.3 Å². The number of halogens is 1. The van der Waals surface area contributed by atoms with Crippen molar-refractivity contribution in [2.45, 2.75) is 39.8 Å². The number of nitrogens with one attached hydrogen (secondary N) is 1. The van der Waals surface area contributed by atoms with E-state index < -0.39 is 0 Å². The quantitative estimate of drug-likeness (QED) is 0.735. The first-order valence-electron chi connectivity index (χ1n) is 7.79. The maximum absolute atomic E-state index is 4.45.